The molecule has 94 valence electrons. The van der Waals surface area contributed by atoms with Crippen molar-refractivity contribution in [1.82, 2.24) is 0 Å². The molecule has 0 atom stereocenters. The normalized spacial score (nSPS) is 17.9. The Morgan fingerprint density at radius 3 is 2.24 bits per heavy atom. The van der Waals surface area contributed by atoms with E-state index in [-0.39, 0.29) is 17.6 Å². The Morgan fingerprint density at radius 1 is 1.29 bits per heavy atom. The molecular formula is C13H17F2NO. The first-order chi connectivity index (χ1) is 8.13. The number of benzene rings is 1. The highest BCUT2D eigenvalue weighted by molar-refractivity contribution is 5.33. The minimum atomic E-state index is -0.540. The van der Waals surface area contributed by atoms with Crippen LogP contribution in [0.25, 0.3) is 0 Å². The van der Waals surface area contributed by atoms with Gasteiger partial charge >= 0.3 is 0 Å². The Bertz CT molecular complexity index is 387. The van der Waals surface area contributed by atoms with Crippen molar-refractivity contribution in [3.05, 3.63) is 34.9 Å². The SMILES string of the molecule is COCc1c(F)cc(C2(CN)CCC2)cc1F. The molecule has 1 aromatic rings. The first kappa shape index (κ1) is 12.5. The topological polar surface area (TPSA) is 35.2 Å². The van der Waals surface area contributed by atoms with Crippen LogP contribution < -0.4 is 5.73 Å². The molecule has 1 saturated carbocycles. The average molecular weight is 241 g/mol. The Kier molecular flexibility index (Phi) is 3.45. The van der Waals surface area contributed by atoms with Gasteiger partial charge in [-0.05, 0) is 30.5 Å². The van der Waals surface area contributed by atoms with Crippen LogP contribution in [0.5, 0.6) is 0 Å². The number of rotatable bonds is 4. The van der Waals surface area contributed by atoms with Gasteiger partial charge in [-0.2, -0.15) is 0 Å². The smallest absolute Gasteiger partial charge is 0.131 e. The zero-order valence-electron chi connectivity index (χ0n) is 9.93. The lowest BCUT2D eigenvalue weighted by Crippen LogP contribution is -2.41. The van der Waals surface area contributed by atoms with Crippen LogP contribution in [0.2, 0.25) is 0 Å². The Hall–Kier alpha value is -1.00. The number of halogens is 2. The molecule has 1 aromatic carbocycles. The minimum Gasteiger partial charge on any atom is -0.380 e. The van der Waals surface area contributed by atoms with Gasteiger partial charge in [0.05, 0.1) is 6.61 Å². The molecule has 2 N–H and O–H groups in total. The maximum Gasteiger partial charge on any atom is 0.131 e. The number of methoxy groups -OCH3 is 1. The van der Waals surface area contributed by atoms with Crippen LogP contribution in [0.15, 0.2) is 12.1 Å². The number of ether oxygens (including phenoxy) is 1. The van der Waals surface area contributed by atoms with Crippen molar-refractivity contribution in [3.8, 4) is 0 Å². The molecule has 0 unspecified atom stereocenters. The van der Waals surface area contributed by atoms with Crippen molar-refractivity contribution in [1.29, 1.82) is 0 Å². The largest absolute Gasteiger partial charge is 0.380 e. The Labute approximate surface area is 99.8 Å². The van der Waals surface area contributed by atoms with E-state index in [0.717, 1.165) is 19.3 Å². The molecule has 1 aliphatic rings. The molecule has 0 saturated heterocycles. The lowest BCUT2D eigenvalue weighted by molar-refractivity contribution is 0.177. The molecule has 0 aliphatic heterocycles. The first-order valence-corrected chi connectivity index (χ1v) is 5.80. The first-order valence-electron chi connectivity index (χ1n) is 5.80. The Morgan fingerprint density at radius 2 is 1.88 bits per heavy atom. The number of hydrogen-bond acceptors (Lipinski definition) is 2. The summed E-state index contributed by atoms with van der Waals surface area (Å²) in [5.74, 6) is -1.08. The third-order valence-corrected chi connectivity index (χ3v) is 3.74. The molecule has 4 heteroatoms. The highest BCUT2D eigenvalue weighted by Crippen LogP contribution is 2.43. The van der Waals surface area contributed by atoms with Crippen molar-refractivity contribution in [3.63, 3.8) is 0 Å². The average Bonchev–Trinajstić information content (AvgIpc) is 2.23. The van der Waals surface area contributed by atoms with E-state index < -0.39 is 11.6 Å². The second-order valence-electron chi connectivity index (χ2n) is 4.69. The summed E-state index contributed by atoms with van der Waals surface area (Å²) in [6.07, 6.45) is 2.89. The summed E-state index contributed by atoms with van der Waals surface area (Å²) in [5, 5.41) is 0. The third kappa shape index (κ3) is 2.07. The zero-order valence-corrected chi connectivity index (χ0v) is 9.93. The van der Waals surface area contributed by atoms with Gasteiger partial charge in [-0.3, -0.25) is 0 Å². The van der Waals surface area contributed by atoms with Crippen LogP contribution in [-0.4, -0.2) is 13.7 Å². The molecule has 0 bridgehead atoms. The summed E-state index contributed by atoms with van der Waals surface area (Å²) < 4.78 is 32.3. The second-order valence-corrected chi connectivity index (χ2v) is 4.69. The van der Waals surface area contributed by atoms with Crippen molar-refractivity contribution >= 4 is 0 Å². The molecule has 1 aliphatic carbocycles. The molecular weight excluding hydrogens is 224 g/mol. The molecule has 0 aromatic heterocycles. The summed E-state index contributed by atoms with van der Waals surface area (Å²) >= 11 is 0. The molecule has 2 nitrogen and oxygen atoms in total. The van der Waals surface area contributed by atoms with Crippen LogP contribution in [-0.2, 0) is 16.8 Å². The van der Waals surface area contributed by atoms with E-state index in [0.29, 0.717) is 12.1 Å². The van der Waals surface area contributed by atoms with Gasteiger partial charge in [-0.15, -0.1) is 0 Å². The summed E-state index contributed by atoms with van der Waals surface area (Å²) in [6, 6.07) is 2.81. The number of nitrogens with two attached hydrogens (primary N) is 1. The van der Waals surface area contributed by atoms with Gasteiger partial charge in [0.2, 0.25) is 0 Å². The van der Waals surface area contributed by atoms with Gasteiger partial charge in [0.15, 0.2) is 0 Å². The van der Waals surface area contributed by atoms with E-state index in [1.165, 1.54) is 19.2 Å². The van der Waals surface area contributed by atoms with Gasteiger partial charge in [0, 0.05) is 24.6 Å². The minimum absolute atomic E-state index is 0.0113. The van der Waals surface area contributed by atoms with Crippen molar-refractivity contribution < 1.29 is 13.5 Å². The third-order valence-electron chi connectivity index (χ3n) is 3.74. The van der Waals surface area contributed by atoms with Gasteiger partial charge in [0.1, 0.15) is 11.6 Å². The molecule has 17 heavy (non-hydrogen) atoms. The van der Waals surface area contributed by atoms with E-state index in [2.05, 4.69) is 0 Å². The monoisotopic (exact) mass is 241 g/mol. The summed E-state index contributed by atoms with van der Waals surface area (Å²) in [7, 11) is 1.42. The van der Waals surface area contributed by atoms with Crippen molar-refractivity contribution in [2.45, 2.75) is 31.3 Å². The fraction of sp³-hybridized carbons (Fsp3) is 0.538. The van der Waals surface area contributed by atoms with Gasteiger partial charge in [-0.25, -0.2) is 8.78 Å². The fourth-order valence-corrected chi connectivity index (χ4v) is 2.41. The van der Waals surface area contributed by atoms with Crippen LogP contribution in [0.3, 0.4) is 0 Å². The van der Waals surface area contributed by atoms with Crippen molar-refractivity contribution in [2.24, 2.45) is 5.73 Å². The molecule has 0 heterocycles. The van der Waals surface area contributed by atoms with Gasteiger partial charge in [0.25, 0.3) is 0 Å². The lowest BCUT2D eigenvalue weighted by Gasteiger charge is -2.41. The predicted molar refractivity (Wildman–Crippen MR) is 61.7 cm³/mol. The van der Waals surface area contributed by atoms with Crippen LogP contribution in [0.1, 0.15) is 30.4 Å². The fourth-order valence-electron chi connectivity index (χ4n) is 2.41. The summed E-state index contributed by atoms with van der Waals surface area (Å²) in [6.45, 7) is 0.392. The van der Waals surface area contributed by atoms with E-state index in [1.54, 1.807) is 0 Å². The molecule has 2 rings (SSSR count). The zero-order chi connectivity index (χ0) is 12.5. The highest BCUT2D eigenvalue weighted by atomic mass is 19.1. The van der Waals surface area contributed by atoms with Crippen LogP contribution in [0.4, 0.5) is 8.78 Å². The quantitative estimate of drug-likeness (QED) is 0.879. The maximum atomic E-state index is 13.8. The van der Waals surface area contributed by atoms with Gasteiger partial charge < -0.3 is 10.5 Å². The molecule has 0 spiro atoms. The van der Waals surface area contributed by atoms with E-state index in [4.69, 9.17) is 10.5 Å². The lowest BCUT2D eigenvalue weighted by atomic mass is 9.64. The summed E-state index contributed by atoms with van der Waals surface area (Å²) in [4.78, 5) is 0. The second kappa shape index (κ2) is 4.70. The molecule has 0 radical (unpaired) electrons. The van der Waals surface area contributed by atoms with Crippen LogP contribution >= 0.6 is 0 Å². The Balaban J connectivity index is 2.38. The van der Waals surface area contributed by atoms with E-state index >= 15 is 0 Å². The van der Waals surface area contributed by atoms with Crippen LogP contribution in [0, 0.1) is 11.6 Å². The molecule has 1 fully saturated rings. The standard InChI is InChI=1S/C13H17F2NO/c1-17-7-10-11(14)5-9(6-12(10)15)13(8-16)3-2-4-13/h5-6H,2-4,7-8,16H2,1H3. The van der Waals surface area contributed by atoms with Crippen molar-refractivity contribution in [2.75, 3.05) is 13.7 Å². The summed E-state index contributed by atoms with van der Waals surface area (Å²) in [5.41, 5.74) is 6.18. The molecule has 0 amide bonds. The van der Waals surface area contributed by atoms with Gasteiger partial charge in [-0.1, -0.05) is 6.42 Å². The predicted octanol–water partition coefficient (Wildman–Crippen LogP) is 2.49. The maximum absolute atomic E-state index is 13.8. The highest BCUT2D eigenvalue weighted by Gasteiger charge is 2.38. The van der Waals surface area contributed by atoms with E-state index in [1.807, 2.05) is 0 Å². The number of hydrogen-bond donors (Lipinski definition) is 1. The van der Waals surface area contributed by atoms with E-state index in [9.17, 15) is 8.78 Å².